The second-order valence-corrected chi connectivity index (χ2v) is 10.8. The van der Waals surface area contributed by atoms with Crippen molar-refractivity contribution in [3.05, 3.63) is 45.8 Å². The third-order valence-electron chi connectivity index (χ3n) is 5.10. The van der Waals surface area contributed by atoms with E-state index >= 15 is 0 Å². The fraction of sp³-hybridized carbons (Fsp3) is 0.409. The van der Waals surface area contributed by atoms with Gasteiger partial charge in [0.1, 0.15) is 5.00 Å². The first-order valence-corrected chi connectivity index (χ1v) is 12.9. The summed E-state index contributed by atoms with van der Waals surface area (Å²) in [4.78, 5) is 38.3. The molecule has 1 aromatic carbocycles. The SMILES string of the molecule is CCOC(=O)c1c(NC(=O)COC(=O)c2ccc(S(C)(=O)=O)cc2)sc2c1CC[C@@H](C)C2. The van der Waals surface area contributed by atoms with Crippen LogP contribution in [0.3, 0.4) is 0 Å². The van der Waals surface area contributed by atoms with Crippen LogP contribution in [0.4, 0.5) is 5.00 Å². The van der Waals surface area contributed by atoms with Gasteiger partial charge in [-0.3, -0.25) is 4.79 Å². The van der Waals surface area contributed by atoms with Gasteiger partial charge in [0.15, 0.2) is 16.4 Å². The Bertz CT molecular complexity index is 1130. The Labute approximate surface area is 190 Å². The lowest BCUT2D eigenvalue weighted by atomic mass is 9.88. The molecular formula is C22H25NO7S2. The quantitative estimate of drug-likeness (QED) is 0.606. The maximum Gasteiger partial charge on any atom is 0.341 e. The Kier molecular flexibility index (Phi) is 7.35. The predicted molar refractivity (Wildman–Crippen MR) is 120 cm³/mol. The summed E-state index contributed by atoms with van der Waals surface area (Å²) in [7, 11) is -3.38. The normalized spacial score (nSPS) is 15.5. The molecule has 0 aliphatic heterocycles. The summed E-state index contributed by atoms with van der Waals surface area (Å²) in [6.07, 6.45) is 3.60. The first-order valence-electron chi connectivity index (χ1n) is 10.2. The van der Waals surface area contributed by atoms with Crippen LogP contribution >= 0.6 is 11.3 Å². The van der Waals surface area contributed by atoms with Crippen molar-refractivity contribution < 1.29 is 32.3 Å². The fourth-order valence-electron chi connectivity index (χ4n) is 3.47. The lowest BCUT2D eigenvalue weighted by molar-refractivity contribution is -0.119. The molecule has 3 rings (SSSR count). The lowest BCUT2D eigenvalue weighted by Crippen LogP contribution is -2.22. The Morgan fingerprint density at radius 1 is 1.12 bits per heavy atom. The third-order valence-corrected chi connectivity index (χ3v) is 7.39. The lowest BCUT2D eigenvalue weighted by Gasteiger charge is -2.18. The average Bonchev–Trinajstić information content (AvgIpc) is 3.08. The number of esters is 2. The smallest absolute Gasteiger partial charge is 0.341 e. The van der Waals surface area contributed by atoms with Gasteiger partial charge < -0.3 is 14.8 Å². The number of ether oxygens (including phenoxy) is 2. The number of carbonyl (C=O) groups excluding carboxylic acids is 3. The highest BCUT2D eigenvalue weighted by Crippen LogP contribution is 2.40. The Balaban J connectivity index is 1.68. The molecule has 1 heterocycles. The Morgan fingerprint density at radius 2 is 1.81 bits per heavy atom. The molecule has 172 valence electrons. The van der Waals surface area contributed by atoms with Crippen LogP contribution in [0.15, 0.2) is 29.2 Å². The number of carbonyl (C=O) groups is 3. The molecule has 0 saturated heterocycles. The molecule has 1 aliphatic carbocycles. The van der Waals surface area contributed by atoms with Crippen molar-refractivity contribution in [2.24, 2.45) is 5.92 Å². The van der Waals surface area contributed by atoms with E-state index in [-0.39, 0.29) is 17.1 Å². The molecule has 2 aromatic rings. The number of benzene rings is 1. The van der Waals surface area contributed by atoms with Crippen LogP contribution in [-0.2, 0) is 36.9 Å². The molecule has 1 amide bonds. The highest BCUT2D eigenvalue weighted by Gasteiger charge is 2.29. The van der Waals surface area contributed by atoms with Crippen LogP contribution in [0, 0.1) is 5.92 Å². The van der Waals surface area contributed by atoms with Gasteiger partial charge in [0, 0.05) is 11.1 Å². The second kappa shape index (κ2) is 9.83. The molecule has 1 aromatic heterocycles. The fourth-order valence-corrected chi connectivity index (χ4v) is 5.52. The minimum absolute atomic E-state index is 0.0780. The van der Waals surface area contributed by atoms with E-state index in [9.17, 15) is 22.8 Å². The summed E-state index contributed by atoms with van der Waals surface area (Å²) in [6, 6.07) is 5.25. The standard InChI is InChI=1S/C22H25NO7S2/c1-4-29-22(26)19-16-10-5-13(2)11-17(16)31-20(19)23-18(24)12-30-21(25)14-6-8-15(9-7-14)32(3,27)28/h6-9,13H,4-5,10-12H2,1-3H3,(H,23,24)/t13-/m1/s1. The zero-order valence-corrected chi connectivity index (χ0v) is 19.7. The van der Waals surface area contributed by atoms with Gasteiger partial charge in [-0.15, -0.1) is 11.3 Å². The van der Waals surface area contributed by atoms with E-state index in [1.807, 2.05) is 0 Å². The summed E-state index contributed by atoms with van der Waals surface area (Å²) < 4.78 is 33.2. The van der Waals surface area contributed by atoms with Crippen molar-refractivity contribution in [3.8, 4) is 0 Å². The van der Waals surface area contributed by atoms with Crippen molar-refractivity contribution in [2.75, 3.05) is 24.8 Å². The molecule has 0 radical (unpaired) electrons. The largest absolute Gasteiger partial charge is 0.462 e. The summed E-state index contributed by atoms with van der Waals surface area (Å²) in [5.74, 6) is -1.32. The molecule has 0 fully saturated rings. The Hall–Kier alpha value is -2.72. The van der Waals surface area contributed by atoms with Crippen LogP contribution in [0.1, 0.15) is 51.4 Å². The maximum absolute atomic E-state index is 12.5. The third kappa shape index (κ3) is 5.55. The monoisotopic (exact) mass is 479 g/mol. The summed E-state index contributed by atoms with van der Waals surface area (Å²) >= 11 is 1.35. The zero-order chi connectivity index (χ0) is 23.5. The number of anilines is 1. The number of rotatable bonds is 7. The minimum Gasteiger partial charge on any atom is -0.462 e. The van der Waals surface area contributed by atoms with Gasteiger partial charge in [0.05, 0.1) is 22.6 Å². The topological polar surface area (TPSA) is 116 Å². The molecule has 0 saturated carbocycles. The van der Waals surface area contributed by atoms with Crippen LogP contribution in [0.2, 0.25) is 0 Å². The highest BCUT2D eigenvalue weighted by molar-refractivity contribution is 7.90. The van der Waals surface area contributed by atoms with Gasteiger partial charge >= 0.3 is 11.9 Å². The van der Waals surface area contributed by atoms with Gasteiger partial charge in [-0.25, -0.2) is 18.0 Å². The summed E-state index contributed by atoms with van der Waals surface area (Å²) in [5, 5.41) is 3.08. The number of fused-ring (bicyclic) bond motifs is 1. The summed E-state index contributed by atoms with van der Waals surface area (Å²) in [5.41, 5.74) is 1.43. The number of hydrogen-bond acceptors (Lipinski definition) is 8. The molecule has 0 unspecified atom stereocenters. The number of hydrogen-bond donors (Lipinski definition) is 1. The van der Waals surface area contributed by atoms with E-state index in [2.05, 4.69) is 12.2 Å². The van der Waals surface area contributed by atoms with Gasteiger partial charge in [-0.2, -0.15) is 0 Å². The molecular weight excluding hydrogens is 454 g/mol. The predicted octanol–water partition coefficient (Wildman–Crippen LogP) is 3.25. The van der Waals surface area contributed by atoms with E-state index in [1.165, 1.54) is 35.6 Å². The molecule has 1 N–H and O–H groups in total. The van der Waals surface area contributed by atoms with Crippen molar-refractivity contribution in [1.82, 2.24) is 0 Å². The number of amides is 1. The van der Waals surface area contributed by atoms with E-state index < -0.39 is 34.3 Å². The van der Waals surface area contributed by atoms with Gasteiger partial charge in [0.25, 0.3) is 5.91 Å². The Morgan fingerprint density at radius 3 is 2.44 bits per heavy atom. The summed E-state index contributed by atoms with van der Waals surface area (Å²) in [6.45, 7) is 3.54. The van der Waals surface area contributed by atoms with E-state index in [1.54, 1.807) is 6.92 Å². The van der Waals surface area contributed by atoms with Crippen molar-refractivity contribution in [1.29, 1.82) is 0 Å². The molecule has 0 bridgehead atoms. The molecule has 1 atom stereocenters. The minimum atomic E-state index is -3.38. The van der Waals surface area contributed by atoms with Crippen molar-refractivity contribution in [2.45, 2.75) is 38.0 Å². The molecule has 10 heteroatoms. The molecule has 32 heavy (non-hydrogen) atoms. The van der Waals surface area contributed by atoms with Crippen LogP contribution in [0.25, 0.3) is 0 Å². The average molecular weight is 480 g/mol. The molecule has 1 aliphatic rings. The van der Waals surface area contributed by atoms with Crippen LogP contribution in [-0.4, -0.2) is 45.7 Å². The second-order valence-electron chi connectivity index (χ2n) is 7.70. The van der Waals surface area contributed by atoms with Gasteiger partial charge in [-0.05, 0) is 61.9 Å². The van der Waals surface area contributed by atoms with Crippen molar-refractivity contribution >= 4 is 44.0 Å². The molecule has 0 spiro atoms. The van der Waals surface area contributed by atoms with Crippen LogP contribution in [0.5, 0.6) is 0 Å². The zero-order valence-electron chi connectivity index (χ0n) is 18.1. The van der Waals surface area contributed by atoms with Crippen LogP contribution < -0.4 is 5.32 Å². The van der Waals surface area contributed by atoms with Gasteiger partial charge in [-0.1, -0.05) is 6.92 Å². The number of thiophene rings is 1. The highest BCUT2D eigenvalue weighted by atomic mass is 32.2. The van der Waals surface area contributed by atoms with E-state index in [0.29, 0.717) is 16.5 Å². The van der Waals surface area contributed by atoms with E-state index in [0.717, 1.165) is 36.0 Å². The first kappa shape index (κ1) is 23.9. The van der Waals surface area contributed by atoms with Gasteiger partial charge in [0.2, 0.25) is 0 Å². The van der Waals surface area contributed by atoms with Crippen molar-refractivity contribution in [3.63, 3.8) is 0 Å². The van der Waals surface area contributed by atoms with E-state index in [4.69, 9.17) is 9.47 Å². The number of nitrogens with one attached hydrogen (secondary N) is 1. The molecule has 8 nitrogen and oxygen atoms in total. The maximum atomic E-state index is 12.5. The first-order chi connectivity index (χ1) is 15.1. The number of sulfone groups is 1.